The van der Waals surface area contributed by atoms with Gasteiger partial charge in [0.15, 0.2) is 0 Å². The minimum Gasteiger partial charge on any atom is -0.354 e. The highest BCUT2D eigenvalue weighted by Crippen LogP contribution is 2.05. The molecule has 2 N–H and O–H groups in total. The molecule has 1 saturated heterocycles. The van der Waals surface area contributed by atoms with E-state index < -0.39 is 0 Å². The first-order valence-corrected chi connectivity index (χ1v) is 5.99. The average Bonchev–Trinajstić information content (AvgIpc) is 2.33. The molecular weight excluding hydrogens is 248 g/mol. The van der Waals surface area contributed by atoms with Crippen molar-refractivity contribution in [2.45, 2.75) is 31.7 Å². The van der Waals surface area contributed by atoms with E-state index in [0.717, 1.165) is 25.8 Å². The van der Waals surface area contributed by atoms with Crippen LogP contribution in [0.1, 0.15) is 25.7 Å². The van der Waals surface area contributed by atoms with Gasteiger partial charge in [0, 0.05) is 18.3 Å². The summed E-state index contributed by atoms with van der Waals surface area (Å²) in [5.74, 6) is -0.116. The second-order valence-electron chi connectivity index (χ2n) is 3.35. The Hall–Kier alpha value is -0.580. The quantitative estimate of drug-likeness (QED) is 0.731. The van der Waals surface area contributed by atoms with E-state index in [-0.39, 0.29) is 17.9 Å². The van der Waals surface area contributed by atoms with Crippen LogP contribution in [0.25, 0.3) is 0 Å². The van der Waals surface area contributed by atoms with Gasteiger partial charge in [0.25, 0.3) is 0 Å². The Morgan fingerprint density at radius 1 is 1.57 bits per heavy atom. The van der Waals surface area contributed by atoms with Gasteiger partial charge < -0.3 is 10.6 Å². The number of hydrogen-bond donors (Lipinski definition) is 2. The molecule has 1 fully saturated rings. The van der Waals surface area contributed by atoms with E-state index in [1.54, 1.807) is 0 Å². The molecule has 4 nitrogen and oxygen atoms in total. The molecule has 1 aliphatic rings. The molecule has 5 heteroatoms. The van der Waals surface area contributed by atoms with Crippen LogP contribution in [0, 0.1) is 0 Å². The van der Waals surface area contributed by atoms with Gasteiger partial charge in [-0.05, 0) is 19.3 Å². The van der Waals surface area contributed by atoms with E-state index >= 15 is 0 Å². The Bertz CT molecular complexity index is 221. The molecule has 0 radical (unpaired) electrons. The van der Waals surface area contributed by atoms with Crippen molar-refractivity contribution < 1.29 is 9.59 Å². The summed E-state index contributed by atoms with van der Waals surface area (Å²) in [6.45, 7) is 0.726. The number of carbonyl (C=O) groups is 2. The van der Waals surface area contributed by atoms with Crippen LogP contribution in [-0.4, -0.2) is 29.7 Å². The number of alkyl halides is 1. The van der Waals surface area contributed by atoms with E-state index in [2.05, 4.69) is 26.6 Å². The zero-order valence-corrected chi connectivity index (χ0v) is 9.60. The predicted molar refractivity (Wildman–Crippen MR) is 57.2 cm³/mol. The number of nitrogens with one attached hydrogen (secondary N) is 2. The molecule has 1 atom stereocenters. The standard InChI is InChI=1S/C9H15BrN2O2/c10-5-4-8(13)12-7-3-1-2-6-11-9(7)14/h7H,1-6H2,(H,11,14)(H,12,13). The SMILES string of the molecule is O=C(CCBr)NC1CCCCNC1=O. The molecule has 1 aliphatic heterocycles. The third-order valence-corrected chi connectivity index (χ3v) is 2.59. The van der Waals surface area contributed by atoms with E-state index in [1.165, 1.54) is 0 Å². The molecule has 0 aromatic heterocycles. The van der Waals surface area contributed by atoms with Gasteiger partial charge in [-0.25, -0.2) is 0 Å². The predicted octanol–water partition coefficient (Wildman–Crippen LogP) is 0.556. The van der Waals surface area contributed by atoms with Crippen LogP contribution in [0.4, 0.5) is 0 Å². The smallest absolute Gasteiger partial charge is 0.242 e. The van der Waals surface area contributed by atoms with Crippen LogP contribution in [0.5, 0.6) is 0 Å². The monoisotopic (exact) mass is 262 g/mol. The Balaban J connectivity index is 2.40. The Morgan fingerprint density at radius 2 is 2.36 bits per heavy atom. The van der Waals surface area contributed by atoms with Gasteiger partial charge in [-0.1, -0.05) is 15.9 Å². The lowest BCUT2D eigenvalue weighted by Gasteiger charge is -2.14. The van der Waals surface area contributed by atoms with Gasteiger partial charge in [-0.2, -0.15) is 0 Å². The average molecular weight is 263 g/mol. The summed E-state index contributed by atoms with van der Waals surface area (Å²) in [4.78, 5) is 22.7. The molecule has 80 valence electrons. The minimum atomic E-state index is -0.330. The third-order valence-electron chi connectivity index (χ3n) is 2.19. The Morgan fingerprint density at radius 3 is 3.07 bits per heavy atom. The van der Waals surface area contributed by atoms with Gasteiger partial charge in [0.05, 0.1) is 0 Å². The number of rotatable bonds is 3. The third kappa shape index (κ3) is 3.65. The number of carbonyl (C=O) groups excluding carboxylic acids is 2. The first-order chi connectivity index (χ1) is 6.74. The van der Waals surface area contributed by atoms with Crippen molar-refractivity contribution in [3.05, 3.63) is 0 Å². The van der Waals surface area contributed by atoms with Gasteiger partial charge >= 0.3 is 0 Å². The first kappa shape index (κ1) is 11.5. The normalized spacial score (nSPS) is 22.4. The second kappa shape index (κ2) is 6.01. The fourth-order valence-electron chi connectivity index (χ4n) is 1.43. The lowest BCUT2D eigenvalue weighted by molar-refractivity contribution is -0.128. The van der Waals surface area contributed by atoms with Crippen LogP contribution < -0.4 is 10.6 Å². The summed E-state index contributed by atoms with van der Waals surface area (Å²) < 4.78 is 0. The van der Waals surface area contributed by atoms with Crippen molar-refractivity contribution in [1.29, 1.82) is 0 Å². The van der Waals surface area contributed by atoms with Crippen molar-refractivity contribution in [3.8, 4) is 0 Å². The second-order valence-corrected chi connectivity index (χ2v) is 4.14. The maximum atomic E-state index is 11.4. The van der Waals surface area contributed by atoms with Crippen LogP contribution in [0.3, 0.4) is 0 Å². The Labute approximate surface area is 91.9 Å². The summed E-state index contributed by atoms with van der Waals surface area (Å²) in [6.07, 6.45) is 3.15. The largest absolute Gasteiger partial charge is 0.354 e. The summed E-state index contributed by atoms with van der Waals surface area (Å²) in [5, 5.41) is 6.14. The highest BCUT2D eigenvalue weighted by molar-refractivity contribution is 9.09. The molecule has 0 bridgehead atoms. The van der Waals surface area contributed by atoms with Crippen LogP contribution in [0.15, 0.2) is 0 Å². The van der Waals surface area contributed by atoms with Gasteiger partial charge in [0.2, 0.25) is 11.8 Å². The number of hydrogen-bond acceptors (Lipinski definition) is 2. The molecule has 0 aromatic rings. The highest BCUT2D eigenvalue weighted by Gasteiger charge is 2.21. The molecule has 1 rings (SSSR count). The zero-order chi connectivity index (χ0) is 10.4. The number of amides is 2. The molecular formula is C9H15BrN2O2. The van der Waals surface area contributed by atoms with Gasteiger partial charge in [-0.15, -0.1) is 0 Å². The van der Waals surface area contributed by atoms with Crippen LogP contribution in [0.2, 0.25) is 0 Å². The zero-order valence-electron chi connectivity index (χ0n) is 8.01. The summed E-state index contributed by atoms with van der Waals surface area (Å²) >= 11 is 3.18. The minimum absolute atomic E-state index is 0.0505. The van der Waals surface area contributed by atoms with Crippen molar-refractivity contribution in [2.75, 3.05) is 11.9 Å². The summed E-state index contributed by atoms with van der Waals surface area (Å²) in [6, 6.07) is -0.330. The van der Waals surface area contributed by atoms with E-state index in [9.17, 15) is 9.59 Å². The molecule has 0 saturated carbocycles. The maximum Gasteiger partial charge on any atom is 0.242 e. The maximum absolute atomic E-state index is 11.4. The first-order valence-electron chi connectivity index (χ1n) is 4.87. The molecule has 2 amide bonds. The van der Waals surface area contributed by atoms with Crippen molar-refractivity contribution in [1.82, 2.24) is 10.6 Å². The van der Waals surface area contributed by atoms with Gasteiger partial charge in [0.1, 0.15) is 6.04 Å². The molecule has 1 unspecified atom stereocenters. The Kier molecular flexibility index (Phi) is 4.93. The lowest BCUT2D eigenvalue weighted by Crippen LogP contribution is -2.45. The number of halogens is 1. The molecule has 0 spiro atoms. The summed E-state index contributed by atoms with van der Waals surface area (Å²) in [5.41, 5.74) is 0. The van der Waals surface area contributed by atoms with Crippen LogP contribution in [-0.2, 0) is 9.59 Å². The topological polar surface area (TPSA) is 58.2 Å². The van der Waals surface area contributed by atoms with Gasteiger partial charge in [-0.3, -0.25) is 9.59 Å². The van der Waals surface area contributed by atoms with Crippen molar-refractivity contribution >= 4 is 27.7 Å². The fraction of sp³-hybridized carbons (Fsp3) is 0.778. The van der Waals surface area contributed by atoms with Crippen molar-refractivity contribution in [2.24, 2.45) is 0 Å². The fourth-order valence-corrected chi connectivity index (χ4v) is 1.79. The van der Waals surface area contributed by atoms with Crippen molar-refractivity contribution in [3.63, 3.8) is 0 Å². The highest BCUT2D eigenvalue weighted by atomic mass is 79.9. The van der Waals surface area contributed by atoms with E-state index in [1.807, 2.05) is 0 Å². The molecule has 0 aliphatic carbocycles. The molecule has 0 aromatic carbocycles. The summed E-state index contributed by atoms with van der Waals surface area (Å²) in [7, 11) is 0. The lowest BCUT2D eigenvalue weighted by atomic mass is 10.1. The van der Waals surface area contributed by atoms with Crippen LogP contribution >= 0.6 is 15.9 Å². The molecule has 14 heavy (non-hydrogen) atoms. The molecule has 1 heterocycles. The van der Waals surface area contributed by atoms with E-state index in [4.69, 9.17) is 0 Å². The van der Waals surface area contributed by atoms with E-state index in [0.29, 0.717) is 11.8 Å².